The lowest BCUT2D eigenvalue weighted by Crippen LogP contribution is -2.29. The maximum Gasteiger partial charge on any atom is 0.416 e. The average molecular weight is 423 g/mol. The Balaban J connectivity index is 1.76. The molecule has 0 bridgehead atoms. The van der Waals surface area contributed by atoms with Gasteiger partial charge in [-0.3, -0.25) is 4.90 Å². The maximum atomic E-state index is 13.5. The molecule has 152 valence electrons. The number of alkyl halides is 3. The maximum absolute atomic E-state index is 13.5. The van der Waals surface area contributed by atoms with Gasteiger partial charge in [-0.2, -0.15) is 13.2 Å². The molecule has 29 heavy (non-hydrogen) atoms. The Hall–Kier alpha value is -2.31. The Morgan fingerprint density at radius 2 is 1.83 bits per heavy atom. The normalized spacial score (nSPS) is 17.8. The van der Waals surface area contributed by atoms with E-state index < -0.39 is 17.6 Å². The number of rotatable bonds is 3. The number of aryl methyl sites for hydroxylation is 1. The molecule has 1 aromatic heterocycles. The number of fused-ring (bicyclic) bond motifs is 1. The Kier molecular flexibility index (Phi) is 5.40. The summed E-state index contributed by atoms with van der Waals surface area (Å²) < 4.78 is 55.6. The van der Waals surface area contributed by atoms with Crippen molar-refractivity contribution in [3.8, 4) is 0 Å². The van der Waals surface area contributed by atoms with Crippen LogP contribution in [-0.2, 0) is 19.3 Å². The quantitative estimate of drug-likeness (QED) is 0.450. The standard InChI is InChI=1S/C22H19ClF4N2/c23-18-12-15(7-8-19(18)24)14-29-11-3-10-28-9-2-6-20(28)21(29)16-4-1-5-17(13-16)22(25,26)27/h1-2,4-9,12-13,21H,3,10-11,14H2/t21-/m0/s1. The van der Waals surface area contributed by atoms with Crippen LogP contribution < -0.4 is 0 Å². The molecule has 0 saturated heterocycles. The molecule has 7 heteroatoms. The number of hydrogen-bond donors (Lipinski definition) is 0. The third-order valence-electron chi connectivity index (χ3n) is 5.25. The van der Waals surface area contributed by atoms with Crippen LogP contribution in [-0.4, -0.2) is 16.0 Å². The molecular weight excluding hydrogens is 404 g/mol. The van der Waals surface area contributed by atoms with Crippen LogP contribution in [0.3, 0.4) is 0 Å². The molecule has 0 saturated carbocycles. The second-order valence-corrected chi connectivity index (χ2v) is 7.63. The lowest BCUT2D eigenvalue weighted by Gasteiger charge is -2.31. The van der Waals surface area contributed by atoms with Gasteiger partial charge in [0.1, 0.15) is 5.82 Å². The molecule has 0 N–H and O–H groups in total. The zero-order valence-electron chi connectivity index (χ0n) is 15.5. The number of halogens is 5. The first-order valence-corrected chi connectivity index (χ1v) is 9.71. The van der Waals surface area contributed by atoms with E-state index in [1.165, 1.54) is 18.2 Å². The third kappa shape index (κ3) is 4.19. The topological polar surface area (TPSA) is 8.17 Å². The molecule has 0 unspecified atom stereocenters. The second kappa shape index (κ2) is 7.84. The minimum absolute atomic E-state index is 0.0383. The van der Waals surface area contributed by atoms with Crippen LogP contribution in [0, 0.1) is 5.82 Å². The molecule has 4 rings (SSSR count). The van der Waals surface area contributed by atoms with Gasteiger partial charge in [0.15, 0.2) is 0 Å². The number of hydrogen-bond acceptors (Lipinski definition) is 1. The van der Waals surface area contributed by atoms with Crippen LogP contribution in [0.1, 0.15) is 34.8 Å². The van der Waals surface area contributed by atoms with Crippen molar-refractivity contribution in [1.29, 1.82) is 0 Å². The fourth-order valence-corrected chi connectivity index (χ4v) is 4.15. The van der Waals surface area contributed by atoms with Crippen molar-refractivity contribution < 1.29 is 17.6 Å². The summed E-state index contributed by atoms with van der Waals surface area (Å²) in [4.78, 5) is 2.12. The first-order chi connectivity index (χ1) is 13.8. The van der Waals surface area contributed by atoms with E-state index in [0.717, 1.165) is 30.3 Å². The van der Waals surface area contributed by atoms with Crippen LogP contribution in [0.25, 0.3) is 0 Å². The molecule has 2 nitrogen and oxygen atoms in total. The average Bonchev–Trinajstić information content (AvgIpc) is 3.06. The van der Waals surface area contributed by atoms with Crippen LogP contribution in [0.15, 0.2) is 60.8 Å². The monoisotopic (exact) mass is 422 g/mol. The van der Waals surface area contributed by atoms with Crippen molar-refractivity contribution in [1.82, 2.24) is 9.47 Å². The smallest absolute Gasteiger partial charge is 0.350 e. The van der Waals surface area contributed by atoms with Crippen molar-refractivity contribution in [3.63, 3.8) is 0 Å². The van der Waals surface area contributed by atoms with Gasteiger partial charge in [-0.05, 0) is 53.9 Å². The molecule has 0 aliphatic carbocycles. The van der Waals surface area contributed by atoms with Gasteiger partial charge in [0.05, 0.1) is 16.6 Å². The van der Waals surface area contributed by atoms with Crippen LogP contribution in [0.5, 0.6) is 0 Å². The number of benzene rings is 2. The first kappa shape index (κ1) is 20.0. The van der Waals surface area contributed by atoms with Crippen molar-refractivity contribution in [3.05, 3.63) is 94.0 Å². The molecule has 2 heterocycles. The van der Waals surface area contributed by atoms with Gasteiger partial charge in [-0.1, -0.05) is 29.8 Å². The molecule has 0 radical (unpaired) electrons. The van der Waals surface area contributed by atoms with E-state index in [-0.39, 0.29) is 11.1 Å². The molecule has 1 aliphatic rings. The Labute approximate surface area is 171 Å². The van der Waals surface area contributed by atoms with E-state index in [1.54, 1.807) is 18.2 Å². The van der Waals surface area contributed by atoms with Crippen molar-refractivity contribution in [2.75, 3.05) is 6.54 Å². The minimum atomic E-state index is -4.40. The number of nitrogens with zero attached hydrogens (tertiary/aromatic N) is 2. The Morgan fingerprint density at radius 3 is 2.59 bits per heavy atom. The minimum Gasteiger partial charge on any atom is -0.350 e. The van der Waals surface area contributed by atoms with Gasteiger partial charge in [0.25, 0.3) is 0 Å². The zero-order valence-corrected chi connectivity index (χ0v) is 16.2. The van der Waals surface area contributed by atoms with E-state index in [2.05, 4.69) is 9.47 Å². The predicted molar refractivity (Wildman–Crippen MR) is 104 cm³/mol. The van der Waals surface area contributed by atoms with E-state index in [0.29, 0.717) is 18.7 Å². The van der Waals surface area contributed by atoms with Crippen LogP contribution in [0.4, 0.5) is 17.6 Å². The molecule has 0 amide bonds. The molecule has 1 aliphatic heterocycles. The van der Waals surface area contributed by atoms with E-state index in [9.17, 15) is 17.6 Å². The Bertz CT molecular complexity index is 1010. The molecule has 3 aromatic rings. The van der Waals surface area contributed by atoms with Crippen LogP contribution in [0.2, 0.25) is 5.02 Å². The molecule has 2 aromatic carbocycles. The highest BCUT2D eigenvalue weighted by molar-refractivity contribution is 6.30. The van der Waals surface area contributed by atoms with E-state index >= 15 is 0 Å². The summed E-state index contributed by atoms with van der Waals surface area (Å²) in [7, 11) is 0. The summed E-state index contributed by atoms with van der Waals surface area (Å²) in [5.74, 6) is -0.491. The summed E-state index contributed by atoms with van der Waals surface area (Å²) in [5.41, 5.74) is 1.67. The van der Waals surface area contributed by atoms with Gasteiger partial charge < -0.3 is 4.57 Å². The molecule has 0 spiro atoms. The lowest BCUT2D eigenvalue weighted by atomic mass is 9.98. The van der Waals surface area contributed by atoms with Crippen LogP contribution >= 0.6 is 11.6 Å². The summed E-state index contributed by atoms with van der Waals surface area (Å²) in [5, 5.41) is 0.0383. The highest BCUT2D eigenvalue weighted by atomic mass is 35.5. The van der Waals surface area contributed by atoms with Crippen molar-refractivity contribution in [2.24, 2.45) is 0 Å². The van der Waals surface area contributed by atoms with Gasteiger partial charge in [-0.25, -0.2) is 4.39 Å². The van der Waals surface area contributed by atoms with Gasteiger partial charge in [-0.15, -0.1) is 0 Å². The first-order valence-electron chi connectivity index (χ1n) is 9.33. The van der Waals surface area contributed by atoms with E-state index in [1.807, 2.05) is 18.3 Å². The highest BCUT2D eigenvalue weighted by Gasteiger charge is 2.33. The fourth-order valence-electron chi connectivity index (χ4n) is 3.95. The summed E-state index contributed by atoms with van der Waals surface area (Å²) >= 11 is 5.93. The molecule has 0 fully saturated rings. The van der Waals surface area contributed by atoms with Crippen molar-refractivity contribution >= 4 is 11.6 Å². The predicted octanol–water partition coefficient (Wildman–Crippen LogP) is 6.29. The van der Waals surface area contributed by atoms with Crippen molar-refractivity contribution in [2.45, 2.75) is 31.7 Å². The summed E-state index contributed by atoms with van der Waals surface area (Å²) in [6, 6.07) is 13.5. The fraction of sp³-hybridized carbons (Fsp3) is 0.273. The zero-order chi connectivity index (χ0) is 20.6. The number of aromatic nitrogens is 1. The SMILES string of the molecule is Fc1ccc(CN2CCCn3cccc3[C@@H]2c2cccc(C(F)(F)F)c2)cc1Cl. The van der Waals surface area contributed by atoms with Gasteiger partial charge in [0.2, 0.25) is 0 Å². The molecular formula is C22H19ClF4N2. The van der Waals surface area contributed by atoms with Gasteiger partial charge in [0, 0.05) is 31.5 Å². The summed E-state index contributed by atoms with van der Waals surface area (Å²) in [6.45, 7) is 1.93. The lowest BCUT2D eigenvalue weighted by molar-refractivity contribution is -0.137. The largest absolute Gasteiger partial charge is 0.416 e. The molecule has 1 atom stereocenters. The Morgan fingerprint density at radius 1 is 1.00 bits per heavy atom. The second-order valence-electron chi connectivity index (χ2n) is 7.22. The highest BCUT2D eigenvalue weighted by Crippen LogP contribution is 2.36. The van der Waals surface area contributed by atoms with Gasteiger partial charge >= 0.3 is 6.18 Å². The van der Waals surface area contributed by atoms with E-state index in [4.69, 9.17) is 11.6 Å². The summed E-state index contributed by atoms with van der Waals surface area (Å²) in [6.07, 6.45) is -1.60. The third-order valence-corrected chi connectivity index (χ3v) is 5.54.